The lowest BCUT2D eigenvalue weighted by Crippen LogP contribution is -2.20. The maximum Gasteiger partial charge on any atom is 0.199 e. The fourth-order valence-corrected chi connectivity index (χ4v) is 3.14. The number of halogens is 2. The third-order valence-electron chi connectivity index (χ3n) is 4.32. The van der Waals surface area contributed by atoms with Crippen LogP contribution in [-0.4, -0.2) is 23.0 Å². The molecule has 0 spiro atoms. The summed E-state index contributed by atoms with van der Waals surface area (Å²) in [4.78, 5) is 6.77. The summed E-state index contributed by atoms with van der Waals surface area (Å²) in [5.74, 6) is -0.594. The zero-order valence-electron chi connectivity index (χ0n) is 12.5. The van der Waals surface area contributed by atoms with E-state index in [4.69, 9.17) is 4.42 Å². The Kier molecular flexibility index (Phi) is 3.58. The lowest BCUT2D eigenvalue weighted by Gasteiger charge is -2.15. The van der Waals surface area contributed by atoms with Gasteiger partial charge in [-0.2, -0.15) is 0 Å². The van der Waals surface area contributed by atoms with Gasteiger partial charge in [0.05, 0.1) is 0 Å². The molecule has 3 aromatic rings. The highest BCUT2D eigenvalue weighted by Crippen LogP contribution is 2.30. The molecule has 1 aliphatic heterocycles. The number of nitrogens with zero attached hydrogens (tertiary/aromatic N) is 2. The van der Waals surface area contributed by atoms with E-state index in [1.807, 2.05) is 24.3 Å². The molecule has 0 saturated carbocycles. The fraction of sp³-hybridized carbons (Fsp3) is 0.278. The van der Waals surface area contributed by atoms with Gasteiger partial charge in [-0.25, -0.2) is 13.8 Å². The van der Waals surface area contributed by atoms with Gasteiger partial charge in [-0.05, 0) is 42.8 Å². The van der Waals surface area contributed by atoms with E-state index in [0.717, 1.165) is 42.1 Å². The summed E-state index contributed by atoms with van der Waals surface area (Å²) in [5.41, 5.74) is 2.46. The van der Waals surface area contributed by atoms with E-state index in [1.165, 1.54) is 12.1 Å². The van der Waals surface area contributed by atoms with Crippen molar-refractivity contribution in [3.8, 4) is 0 Å². The molecule has 1 saturated heterocycles. The van der Waals surface area contributed by atoms with E-state index >= 15 is 0 Å². The largest absolute Gasteiger partial charge is 0.440 e. The maximum absolute atomic E-state index is 13.3. The first-order valence-electron chi connectivity index (χ1n) is 7.71. The quantitative estimate of drug-likeness (QED) is 0.729. The van der Waals surface area contributed by atoms with Gasteiger partial charge >= 0.3 is 0 Å². The van der Waals surface area contributed by atoms with E-state index in [9.17, 15) is 8.78 Å². The highest BCUT2D eigenvalue weighted by molar-refractivity contribution is 5.72. The van der Waals surface area contributed by atoms with Crippen molar-refractivity contribution in [1.82, 2.24) is 9.88 Å². The number of para-hydroxylation sites is 2. The van der Waals surface area contributed by atoms with Crippen molar-refractivity contribution in [3.63, 3.8) is 0 Å². The van der Waals surface area contributed by atoms with Gasteiger partial charge < -0.3 is 4.42 Å². The first-order valence-corrected chi connectivity index (χ1v) is 7.71. The summed E-state index contributed by atoms with van der Waals surface area (Å²) < 4.78 is 32.1. The van der Waals surface area contributed by atoms with Crippen molar-refractivity contribution < 1.29 is 13.2 Å². The zero-order chi connectivity index (χ0) is 15.8. The van der Waals surface area contributed by atoms with Crippen LogP contribution in [0, 0.1) is 11.6 Å². The molecule has 2 heterocycles. The lowest BCUT2D eigenvalue weighted by molar-refractivity contribution is 0.320. The highest BCUT2D eigenvalue weighted by atomic mass is 19.2. The average molecular weight is 314 g/mol. The van der Waals surface area contributed by atoms with Crippen LogP contribution in [0.1, 0.15) is 23.8 Å². The van der Waals surface area contributed by atoms with Crippen molar-refractivity contribution in [2.75, 3.05) is 13.1 Å². The molecule has 1 fully saturated rings. The average Bonchev–Trinajstić information content (AvgIpc) is 3.17. The molecule has 1 aromatic heterocycles. The first-order chi connectivity index (χ1) is 11.2. The summed E-state index contributed by atoms with van der Waals surface area (Å²) >= 11 is 0. The summed E-state index contributed by atoms with van der Waals surface area (Å²) in [7, 11) is 0. The molecule has 5 heteroatoms. The molecule has 0 N–H and O–H groups in total. The number of hydrogen-bond donors (Lipinski definition) is 0. The van der Waals surface area contributed by atoms with Gasteiger partial charge in [-0.1, -0.05) is 18.2 Å². The van der Waals surface area contributed by atoms with E-state index in [1.54, 1.807) is 6.07 Å². The van der Waals surface area contributed by atoms with Crippen LogP contribution in [0.25, 0.3) is 11.1 Å². The Labute approximate surface area is 132 Å². The first kappa shape index (κ1) is 14.3. The van der Waals surface area contributed by atoms with Crippen molar-refractivity contribution in [3.05, 3.63) is 65.6 Å². The van der Waals surface area contributed by atoms with E-state index < -0.39 is 11.6 Å². The summed E-state index contributed by atoms with van der Waals surface area (Å²) in [6, 6.07) is 11.8. The Morgan fingerprint density at radius 3 is 2.83 bits per heavy atom. The van der Waals surface area contributed by atoms with E-state index in [0.29, 0.717) is 6.54 Å². The molecule has 118 valence electrons. The topological polar surface area (TPSA) is 29.3 Å². The second-order valence-electron chi connectivity index (χ2n) is 5.99. The third-order valence-corrected chi connectivity index (χ3v) is 4.32. The van der Waals surface area contributed by atoms with Crippen LogP contribution in [-0.2, 0) is 6.54 Å². The molecule has 23 heavy (non-hydrogen) atoms. The van der Waals surface area contributed by atoms with Crippen LogP contribution in [0.5, 0.6) is 0 Å². The van der Waals surface area contributed by atoms with Gasteiger partial charge in [-0.15, -0.1) is 0 Å². The minimum absolute atomic E-state index is 0.243. The van der Waals surface area contributed by atoms with Crippen LogP contribution >= 0.6 is 0 Å². The minimum atomic E-state index is -0.806. The van der Waals surface area contributed by atoms with Crippen molar-refractivity contribution in [2.24, 2.45) is 0 Å². The number of fused-ring (bicyclic) bond motifs is 1. The minimum Gasteiger partial charge on any atom is -0.440 e. The van der Waals surface area contributed by atoms with Gasteiger partial charge in [0.25, 0.3) is 0 Å². The van der Waals surface area contributed by atoms with E-state index in [-0.39, 0.29) is 5.92 Å². The van der Waals surface area contributed by atoms with Gasteiger partial charge in [0.2, 0.25) is 0 Å². The third kappa shape index (κ3) is 2.84. The number of benzene rings is 2. The molecule has 0 radical (unpaired) electrons. The number of rotatable bonds is 3. The molecule has 3 nitrogen and oxygen atoms in total. The SMILES string of the molecule is Fc1ccc(CN2CC[C@H](c3nc4ccccc4o3)C2)cc1F. The Balaban J connectivity index is 1.47. The predicted octanol–water partition coefficient (Wildman–Crippen LogP) is 4.10. The van der Waals surface area contributed by atoms with Crippen LogP contribution < -0.4 is 0 Å². The Morgan fingerprint density at radius 2 is 2.00 bits per heavy atom. The van der Waals surface area contributed by atoms with Crippen LogP contribution in [0.4, 0.5) is 8.78 Å². The highest BCUT2D eigenvalue weighted by Gasteiger charge is 2.27. The van der Waals surface area contributed by atoms with Crippen molar-refractivity contribution >= 4 is 11.1 Å². The maximum atomic E-state index is 13.3. The van der Waals surface area contributed by atoms with Crippen LogP contribution in [0.15, 0.2) is 46.9 Å². The van der Waals surface area contributed by atoms with Gasteiger partial charge in [0.15, 0.2) is 23.1 Å². The zero-order valence-corrected chi connectivity index (χ0v) is 12.5. The summed E-state index contributed by atoms with van der Waals surface area (Å²) in [6.45, 7) is 2.31. The lowest BCUT2D eigenvalue weighted by atomic mass is 10.1. The van der Waals surface area contributed by atoms with Gasteiger partial charge in [0, 0.05) is 19.0 Å². The molecule has 0 bridgehead atoms. The van der Waals surface area contributed by atoms with E-state index in [2.05, 4.69) is 9.88 Å². The molecule has 4 rings (SSSR count). The molecule has 1 aliphatic rings. The molecule has 0 amide bonds. The fourth-order valence-electron chi connectivity index (χ4n) is 3.14. The molecule has 0 unspecified atom stereocenters. The Hall–Kier alpha value is -2.27. The van der Waals surface area contributed by atoms with Crippen LogP contribution in [0.2, 0.25) is 0 Å². The molecule has 0 aliphatic carbocycles. The smallest absolute Gasteiger partial charge is 0.199 e. The number of likely N-dealkylation sites (tertiary alicyclic amines) is 1. The standard InChI is InChI=1S/C18H16F2N2O/c19-14-6-5-12(9-15(14)20)10-22-8-7-13(11-22)18-21-16-3-1-2-4-17(16)23-18/h1-6,9,13H,7-8,10-11H2/t13-/m0/s1. The Morgan fingerprint density at radius 1 is 1.13 bits per heavy atom. The molecule has 1 atom stereocenters. The number of aromatic nitrogens is 1. The van der Waals surface area contributed by atoms with Crippen molar-refractivity contribution in [1.29, 1.82) is 0 Å². The number of hydrogen-bond acceptors (Lipinski definition) is 3. The predicted molar refractivity (Wildman–Crippen MR) is 83.0 cm³/mol. The molecule has 2 aromatic carbocycles. The van der Waals surface area contributed by atoms with Gasteiger partial charge in [-0.3, -0.25) is 4.90 Å². The summed E-state index contributed by atoms with van der Waals surface area (Å²) in [6.07, 6.45) is 0.955. The monoisotopic (exact) mass is 314 g/mol. The Bertz CT molecular complexity index is 813. The van der Waals surface area contributed by atoms with Gasteiger partial charge in [0.1, 0.15) is 5.52 Å². The molecular weight excluding hydrogens is 298 g/mol. The molecular formula is C18H16F2N2O. The number of oxazole rings is 1. The van der Waals surface area contributed by atoms with Crippen molar-refractivity contribution in [2.45, 2.75) is 18.9 Å². The normalized spacial score (nSPS) is 18.8. The summed E-state index contributed by atoms with van der Waals surface area (Å²) in [5, 5.41) is 0. The second-order valence-corrected chi connectivity index (χ2v) is 5.99. The second kappa shape index (κ2) is 5.74. The van der Waals surface area contributed by atoms with Crippen LogP contribution in [0.3, 0.4) is 0 Å².